The zero-order valence-corrected chi connectivity index (χ0v) is 12.1. The standard InChI is InChI=1S/C13H22ClN3O2/c1-16-12(14)9-15-13(16)10-17-5-3-11(4-6-17)19-8-2-7-18/h9,11,18H,2-8,10H2,1H3. The van der Waals surface area contributed by atoms with Crippen molar-refractivity contribution in [2.75, 3.05) is 26.3 Å². The van der Waals surface area contributed by atoms with Gasteiger partial charge in [-0.05, 0) is 19.3 Å². The lowest BCUT2D eigenvalue weighted by Crippen LogP contribution is -2.37. The van der Waals surface area contributed by atoms with Crippen molar-refractivity contribution in [3.05, 3.63) is 17.2 Å². The van der Waals surface area contributed by atoms with Crippen LogP contribution in [0, 0.1) is 0 Å². The molecule has 0 radical (unpaired) electrons. The zero-order valence-electron chi connectivity index (χ0n) is 11.4. The summed E-state index contributed by atoms with van der Waals surface area (Å²) in [5.74, 6) is 1.00. The predicted octanol–water partition coefficient (Wildman–Crippen LogP) is 1.44. The van der Waals surface area contributed by atoms with Crippen LogP contribution in [-0.2, 0) is 18.3 Å². The number of aliphatic hydroxyl groups is 1. The molecule has 1 aromatic rings. The first-order valence-electron chi connectivity index (χ1n) is 6.81. The van der Waals surface area contributed by atoms with E-state index in [0.29, 0.717) is 17.9 Å². The normalized spacial score (nSPS) is 18.1. The van der Waals surface area contributed by atoms with Crippen molar-refractivity contribution >= 4 is 11.6 Å². The van der Waals surface area contributed by atoms with Gasteiger partial charge in [-0.3, -0.25) is 4.90 Å². The van der Waals surface area contributed by atoms with Crippen molar-refractivity contribution in [2.24, 2.45) is 7.05 Å². The van der Waals surface area contributed by atoms with Crippen LogP contribution in [0.2, 0.25) is 5.15 Å². The first-order valence-corrected chi connectivity index (χ1v) is 7.19. The quantitative estimate of drug-likeness (QED) is 0.805. The number of halogens is 1. The Kier molecular flexibility index (Phi) is 5.63. The molecule has 0 aromatic carbocycles. The molecule has 108 valence electrons. The largest absolute Gasteiger partial charge is 0.396 e. The van der Waals surface area contributed by atoms with Gasteiger partial charge in [0, 0.05) is 33.4 Å². The molecule has 1 aliphatic rings. The van der Waals surface area contributed by atoms with Crippen LogP contribution in [-0.4, -0.2) is 52.0 Å². The highest BCUT2D eigenvalue weighted by molar-refractivity contribution is 6.29. The van der Waals surface area contributed by atoms with Gasteiger partial charge in [0.05, 0.1) is 18.8 Å². The fourth-order valence-electron chi connectivity index (χ4n) is 2.32. The van der Waals surface area contributed by atoms with Crippen molar-refractivity contribution in [1.82, 2.24) is 14.5 Å². The third kappa shape index (κ3) is 4.18. The second-order valence-corrected chi connectivity index (χ2v) is 5.37. The van der Waals surface area contributed by atoms with Crippen LogP contribution < -0.4 is 0 Å². The molecule has 0 unspecified atom stereocenters. The van der Waals surface area contributed by atoms with Gasteiger partial charge < -0.3 is 14.4 Å². The highest BCUT2D eigenvalue weighted by Gasteiger charge is 2.20. The van der Waals surface area contributed by atoms with E-state index in [1.807, 2.05) is 11.6 Å². The SMILES string of the molecule is Cn1c(Cl)cnc1CN1CCC(OCCCO)CC1. The van der Waals surface area contributed by atoms with Crippen LogP contribution in [0.3, 0.4) is 0 Å². The fraction of sp³-hybridized carbons (Fsp3) is 0.769. The summed E-state index contributed by atoms with van der Waals surface area (Å²) in [6, 6.07) is 0. The summed E-state index contributed by atoms with van der Waals surface area (Å²) in [4.78, 5) is 6.70. The molecule has 1 N–H and O–H groups in total. The minimum absolute atomic E-state index is 0.207. The number of aromatic nitrogens is 2. The van der Waals surface area contributed by atoms with Gasteiger partial charge in [0.1, 0.15) is 11.0 Å². The summed E-state index contributed by atoms with van der Waals surface area (Å²) in [5, 5.41) is 9.40. The molecule has 0 amide bonds. The summed E-state index contributed by atoms with van der Waals surface area (Å²) in [7, 11) is 1.94. The van der Waals surface area contributed by atoms with E-state index in [-0.39, 0.29) is 6.61 Å². The van der Waals surface area contributed by atoms with Crippen molar-refractivity contribution in [3.8, 4) is 0 Å². The van der Waals surface area contributed by atoms with Gasteiger partial charge in [-0.2, -0.15) is 0 Å². The molecular weight excluding hydrogens is 266 g/mol. The molecule has 1 saturated heterocycles. The molecule has 0 bridgehead atoms. The number of hydrogen-bond donors (Lipinski definition) is 1. The van der Waals surface area contributed by atoms with E-state index in [0.717, 1.165) is 44.7 Å². The maximum atomic E-state index is 8.72. The Morgan fingerprint density at radius 2 is 2.21 bits per heavy atom. The molecule has 1 fully saturated rings. The maximum Gasteiger partial charge on any atom is 0.128 e. The molecule has 19 heavy (non-hydrogen) atoms. The van der Waals surface area contributed by atoms with Crippen molar-refractivity contribution in [3.63, 3.8) is 0 Å². The maximum absolute atomic E-state index is 8.72. The Morgan fingerprint density at radius 1 is 1.47 bits per heavy atom. The first kappa shape index (κ1) is 14.8. The molecule has 0 atom stereocenters. The third-order valence-electron chi connectivity index (χ3n) is 3.58. The second-order valence-electron chi connectivity index (χ2n) is 4.98. The number of likely N-dealkylation sites (tertiary alicyclic amines) is 1. The number of hydrogen-bond acceptors (Lipinski definition) is 4. The second kappa shape index (κ2) is 7.24. The summed E-state index contributed by atoms with van der Waals surface area (Å²) in [5.41, 5.74) is 0. The number of nitrogens with zero attached hydrogens (tertiary/aromatic N) is 3. The van der Waals surface area contributed by atoms with Gasteiger partial charge in [-0.25, -0.2) is 4.98 Å². The number of ether oxygens (including phenoxy) is 1. The summed E-state index contributed by atoms with van der Waals surface area (Å²) in [6.45, 7) is 3.75. The Bertz CT molecular complexity index is 389. The number of aliphatic hydroxyl groups excluding tert-OH is 1. The van der Waals surface area contributed by atoms with Gasteiger partial charge in [0.25, 0.3) is 0 Å². The molecule has 1 aliphatic heterocycles. The molecular formula is C13H22ClN3O2. The van der Waals surface area contributed by atoms with Gasteiger partial charge in [-0.1, -0.05) is 11.6 Å². The van der Waals surface area contributed by atoms with E-state index in [1.165, 1.54) is 0 Å². The van der Waals surface area contributed by atoms with Crippen LogP contribution in [0.4, 0.5) is 0 Å². The number of imidazole rings is 1. The van der Waals surface area contributed by atoms with Crippen molar-refractivity contribution < 1.29 is 9.84 Å². The molecule has 5 nitrogen and oxygen atoms in total. The molecule has 0 aliphatic carbocycles. The Labute approximate surface area is 119 Å². The van der Waals surface area contributed by atoms with Crippen molar-refractivity contribution in [2.45, 2.75) is 31.9 Å². The van der Waals surface area contributed by atoms with Gasteiger partial charge >= 0.3 is 0 Å². The third-order valence-corrected chi connectivity index (χ3v) is 3.93. The topological polar surface area (TPSA) is 50.5 Å². The summed E-state index contributed by atoms with van der Waals surface area (Å²) < 4.78 is 7.64. The molecule has 2 rings (SSSR count). The van der Waals surface area contributed by atoms with Crippen molar-refractivity contribution in [1.29, 1.82) is 0 Å². The van der Waals surface area contributed by atoms with E-state index in [2.05, 4.69) is 9.88 Å². The molecule has 2 heterocycles. The minimum atomic E-state index is 0.207. The monoisotopic (exact) mass is 287 g/mol. The Balaban J connectivity index is 1.73. The highest BCUT2D eigenvalue weighted by Crippen LogP contribution is 2.17. The van der Waals surface area contributed by atoms with Crippen LogP contribution in [0.5, 0.6) is 0 Å². The van der Waals surface area contributed by atoms with Gasteiger partial charge in [0.2, 0.25) is 0 Å². The average molecular weight is 288 g/mol. The lowest BCUT2D eigenvalue weighted by Gasteiger charge is -2.31. The lowest BCUT2D eigenvalue weighted by molar-refractivity contribution is 0.000225. The number of rotatable bonds is 6. The van der Waals surface area contributed by atoms with E-state index in [1.54, 1.807) is 6.20 Å². The smallest absolute Gasteiger partial charge is 0.128 e. The molecule has 6 heteroatoms. The lowest BCUT2D eigenvalue weighted by atomic mass is 10.1. The molecule has 1 aromatic heterocycles. The average Bonchev–Trinajstić information content (AvgIpc) is 2.73. The van der Waals surface area contributed by atoms with Crippen LogP contribution in [0.15, 0.2) is 6.20 Å². The first-order chi connectivity index (χ1) is 9.20. The van der Waals surface area contributed by atoms with Crippen LogP contribution in [0.25, 0.3) is 0 Å². The Hall–Kier alpha value is -0.620. The summed E-state index contributed by atoms with van der Waals surface area (Å²) >= 11 is 5.98. The van der Waals surface area contributed by atoms with E-state index in [9.17, 15) is 0 Å². The zero-order chi connectivity index (χ0) is 13.7. The van der Waals surface area contributed by atoms with Crippen LogP contribution in [0.1, 0.15) is 25.1 Å². The number of piperidine rings is 1. The molecule has 0 saturated carbocycles. The highest BCUT2D eigenvalue weighted by atomic mass is 35.5. The van der Waals surface area contributed by atoms with Gasteiger partial charge in [-0.15, -0.1) is 0 Å². The summed E-state index contributed by atoms with van der Waals surface area (Å²) in [6.07, 6.45) is 4.86. The fourth-order valence-corrected chi connectivity index (χ4v) is 2.47. The van der Waals surface area contributed by atoms with Gasteiger partial charge in [0.15, 0.2) is 0 Å². The Morgan fingerprint density at radius 3 is 2.79 bits per heavy atom. The van der Waals surface area contributed by atoms with Crippen LogP contribution >= 0.6 is 11.6 Å². The van der Waals surface area contributed by atoms with E-state index in [4.69, 9.17) is 21.4 Å². The molecule has 0 spiro atoms. The van der Waals surface area contributed by atoms with E-state index < -0.39 is 0 Å². The minimum Gasteiger partial charge on any atom is -0.396 e. The van der Waals surface area contributed by atoms with E-state index >= 15 is 0 Å². The predicted molar refractivity (Wildman–Crippen MR) is 74.2 cm³/mol.